The summed E-state index contributed by atoms with van der Waals surface area (Å²) in [7, 11) is 1.84. The van der Waals surface area contributed by atoms with Gasteiger partial charge in [0.25, 0.3) is 0 Å². The monoisotopic (exact) mass is 484 g/mol. The molecule has 0 amide bonds. The molecule has 0 spiro atoms. The minimum atomic E-state index is 0. The summed E-state index contributed by atoms with van der Waals surface area (Å²) in [5.41, 5.74) is 2.70. The quantitative estimate of drug-likeness (QED) is 0.225. The predicted octanol–water partition coefficient (Wildman–Crippen LogP) is 4.44. The summed E-state index contributed by atoms with van der Waals surface area (Å²) in [5.74, 6) is 0.867. The van der Waals surface area contributed by atoms with E-state index in [1.807, 2.05) is 7.05 Å². The first kappa shape index (κ1) is 22.0. The third kappa shape index (κ3) is 6.10. The highest BCUT2D eigenvalue weighted by molar-refractivity contribution is 14.0. The summed E-state index contributed by atoms with van der Waals surface area (Å²) in [6.07, 6.45) is 6.36. The molecule has 0 saturated heterocycles. The third-order valence-corrected chi connectivity index (χ3v) is 5.53. The number of aromatic amines is 1. The number of aliphatic imine (C=N–C) groups is 1. The second-order valence-corrected chi connectivity index (χ2v) is 7.32. The number of halogens is 1. The fourth-order valence-corrected chi connectivity index (χ4v) is 3.97. The summed E-state index contributed by atoms with van der Waals surface area (Å²) < 4.78 is 5.61. The van der Waals surface area contributed by atoms with Crippen molar-refractivity contribution in [2.75, 3.05) is 26.8 Å². The molecule has 150 valence electrons. The number of nitrogens with zero attached hydrogens (tertiary/aromatic N) is 1. The summed E-state index contributed by atoms with van der Waals surface area (Å²) in [5, 5.41) is 8.23. The second-order valence-electron chi connectivity index (χ2n) is 7.32. The normalized spacial score (nSPS) is 16.3. The zero-order valence-corrected chi connectivity index (χ0v) is 18.8. The van der Waals surface area contributed by atoms with Crippen LogP contribution in [0.2, 0.25) is 0 Å². The van der Waals surface area contributed by atoms with Gasteiger partial charge in [-0.2, -0.15) is 0 Å². The first-order valence-corrected chi connectivity index (χ1v) is 9.83. The van der Waals surface area contributed by atoms with Crippen LogP contribution in [0.1, 0.15) is 44.7 Å². The van der Waals surface area contributed by atoms with Crippen LogP contribution in [0.15, 0.2) is 35.3 Å². The van der Waals surface area contributed by atoms with E-state index in [0.29, 0.717) is 5.41 Å². The van der Waals surface area contributed by atoms with E-state index in [1.165, 1.54) is 42.3 Å². The first-order valence-electron chi connectivity index (χ1n) is 9.83. The van der Waals surface area contributed by atoms with Crippen LogP contribution in [0, 0.1) is 5.41 Å². The molecule has 1 aliphatic rings. The zero-order chi connectivity index (χ0) is 18.2. The van der Waals surface area contributed by atoms with Crippen molar-refractivity contribution >= 4 is 40.8 Å². The molecule has 1 saturated carbocycles. The second kappa shape index (κ2) is 10.9. The van der Waals surface area contributed by atoms with Crippen LogP contribution < -0.4 is 10.6 Å². The standard InChI is InChI=1S/C21H32N4O.HI/c1-3-26-13-12-21(10-6-7-11-21)16-24-20(22-2)23-15-18-14-17-8-4-5-9-19(17)25-18;/h4-5,8-9,14,25H,3,6-7,10-13,15-16H2,1-2H3,(H2,22,23,24);1H. The lowest BCUT2D eigenvalue weighted by molar-refractivity contribution is 0.105. The van der Waals surface area contributed by atoms with Crippen LogP contribution in [-0.2, 0) is 11.3 Å². The minimum Gasteiger partial charge on any atom is -0.382 e. The van der Waals surface area contributed by atoms with E-state index in [-0.39, 0.29) is 24.0 Å². The number of benzene rings is 1. The molecule has 0 radical (unpaired) electrons. The average Bonchev–Trinajstić information content (AvgIpc) is 3.29. The number of nitrogens with one attached hydrogen (secondary N) is 3. The lowest BCUT2D eigenvalue weighted by atomic mass is 9.83. The predicted molar refractivity (Wildman–Crippen MR) is 124 cm³/mol. The van der Waals surface area contributed by atoms with Crippen LogP contribution in [0.4, 0.5) is 0 Å². The molecule has 2 aromatic rings. The van der Waals surface area contributed by atoms with Gasteiger partial charge in [-0.15, -0.1) is 24.0 Å². The fraction of sp³-hybridized carbons (Fsp3) is 0.571. The SMILES string of the molecule is CCOCCC1(CNC(=NC)NCc2cc3ccccc3[nH]2)CCCC1.I. The van der Waals surface area contributed by atoms with Crippen molar-refractivity contribution in [1.29, 1.82) is 0 Å². The highest BCUT2D eigenvalue weighted by atomic mass is 127. The zero-order valence-electron chi connectivity index (χ0n) is 16.5. The van der Waals surface area contributed by atoms with E-state index in [9.17, 15) is 0 Å². The van der Waals surface area contributed by atoms with Gasteiger partial charge in [-0.05, 0) is 49.1 Å². The topological polar surface area (TPSA) is 61.4 Å². The van der Waals surface area contributed by atoms with Crippen LogP contribution in [0.5, 0.6) is 0 Å². The van der Waals surface area contributed by atoms with Gasteiger partial charge in [0, 0.05) is 38.0 Å². The highest BCUT2D eigenvalue weighted by Crippen LogP contribution is 2.40. The average molecular weight is 484 g/mol. The van der Waals surface area contributed by atoms with Crippen molar-refractivity contribution in [3.05, 3.63) is 36.0 Å². The Kier molecular flexibility index (Phi) is 8.89. The maximum Gasteiger partial charge on any atom is 0.191 e. The molecule has 6 heteroatoms. The number of hydrogen-bond donors (Lipinski definition) is 3. The summed E-state index contributed by atoms with van der Waals surface area (Å²) in [6, 6.07) is 10.5. The molecule has 3 rings (SSSR count). The number of rotatable bonds is 8. The number of guanidine groups is 1. The third-order valence-electron chi connectivity index (χ3n) is 5.53. The van der Waals surface area contributed by atoms with Crippen LogP contribution in [-0.4, -0.2) is 37.7 Å². The fourth-order valence-electron chi connectivity index (χ4n) is 3.97. The lowest BCUT2D eigenvalue weighted by Crippen LogP contribution is -2.43. The van der Waals surface area contributed by atoms with Gasteiger partial charge in [0.15, 0.2) is 5.96 Å². The number of H-pyrrole nitrogens is 1. The maximum absolute atomic E-state index is 5.61. The van der Waals surface area contributed by atoms with Crippen molar-refractivity contribution in [3.63, 3.8) is 0 Å². The molecule has 1 aliphatic carbocycles. The van der Waals surface area contributed by atoms with Crippen molar-refractivity contribution in [2.24, 2.45) is 10.4 Å². The molecular weight excluding hydrogens is 451 g/mol. The van der Waals surface area contributed by atoms with Gasteiger partial charge in [-0.1, -0.05) is 31.0 Å². The number of fused-ring (bicyclic) bond motifs is 1. The Morgan fingerprint density at radius 3 is 2.70 bits per heavy atom. The van der Waals surface area contributed by atoms with E-state index in [1.54, 1.807) is 0 Å². The van der Waals surface area contributed by atoms with Crippen LogP contribution in [0.3, 0.4) is 0 Å². The Bertz CT molecular complexity index is 689. The Hall–Kier alpha value is -1.28. The Morgan fingerprint density at radius 2 is 2.00 bits per heavy atom. The minimum absolute atomic E-state index is 0. The maximum atomic E-state index is 5.61. The Morgan fingerprint density at radius 1 is 1.22 bits per heavy atom. The summed E-state index contributed by atoms with van der Waals surface area (Å²) >= 11 is 0. The molecule has 1 heterocycles. The van der Waals surface area contributed by atoms with E-state index in [4.69, 9.17) is 4.74 Å². The molecule has 0 bridgehead atoms. The molecule has 27 heavy (non-hydrogen) atoms. The van der Waals surface area contributed by atoms with Crippen LogP contribution in [0.25, 0.3) is 10.9 Å². The van der Waals surface area contributed by atoms with E-state index >= 15 is 0 Å². The molecule has 5 nitrogen and oxygen atoms in total. The summed E-state index contributed by atoms with van der Waals surface area (Å²) in [4.78, 5) is 7.85. The molecule has 1 aromatic carbocycles. The van der Waals surface area contributed by atoms with Crippen LogP contribution >= 0.6 is 24.0 Å². The van der Waals surface area contributed by atoms with Gasteiger partial charge in [0.05, 0.1) is 6.54 Å². The van der Waals surface area contributed by atoms with Crippen molar-refractivity contribution < 1.29 is 4.74 Å². The van der Waals surface area contributed by atoms with Gasteiger partial charge < -0.3 is 20.4 Å². The Balaban J connectivity index is 0.00000261. The van der Waals surface area contributed by atoms with Gasteiger partial charge in [0.2, 0.25) is 0 Å². The van der Waals surface area contributed by atoms with Gasteiger partial charge >= 0.3 is 0 Å². The number of aromatic nitrogens is 1. The Labute approximate surface area is 179 Å². The van der Waals surface area contributed by atoms with Crippen molar-refractivity contribution in [1.82, 2.24) is 15.6 Å². The number of para-hydroxylation sites is 1. The molecule has 3 N–H and O–H groups in total. The lowest BCUT2D eigenvalue weighted by Gasteiger charge is -2.30. The van der Waals surface area contributed by atoms with Crippen molar-refractivity contribution in [3.8, 4) is 0 Å². The van der Waals surface area contributed by atoms with Gasteiger partial charge in [-0.3, -0.25) is 4.99 Å². The summed E-state index contributed by atoms with van der Waals surface area (Å²) in [6.45, 7) is 5.43. The first-order chi connectivity index (χ1) is 12.7. The van der Waals surface area contributed by atoms with E-state index in [0.717, 1.165) is 38.7 Å². The molecule has 0 aliphatic heterocycles. The van der Waals surface area contributed by atoms with Crippen molar-refractivity contribution in [2.45, 2.75) is 45.6 Å². The molecule has 1 fully saturated rings. The molecule has 0 atom stereocenters. The van der Waals surface area contributed by atoms with Gasteiger partial charge in [0.1, 0.15) is 0 Å². The number of ether oxygens (including phenoxy) is 1. The van der Waals surface area contributed by atoms with E-state index in [2.05, 4.69) is 57.9 Å². The largest absolute Gasteiger partial charge is 0.382 e. The number of hydrogen-bond acceptors (Lipinski definition) is 2. The molecule has 0 unspecified atom stereocenters. The molecular formula is C21H33IN4O. The van der Waals surface area contributed by atoms with Gasteiger partial charge in [-0.25, -0.2) is 0 Å². The molecule has 1 aromatic heterocycles. The smallest absolute Gasteiger partial charge is 0.191 e. The van der Waals surface area contributed by atoms with E-state index < -0.39 is 0 Å². The highest BCUT2D eigenvalue weighted by Gasteiger charge is 2.33.